The van der Waals surface area contributed by atoms with Crippen molar-refractivity contribution >= 4 is 21.4 Å². The summed E-state index contributed by atoms with van der Waals surface area (Å²) in [6.45, 7) is 1.98. The van der Waals surface area contributed by atoms with Gasteiger partial charge in [0.25, 0.3) is 0 Å². The van der Waals surface area contributed by atoms with E-state index in [4.69, 9.17) is 0 Å². The lowest BCUT2D eigenvalue weighted by molar-refractivity contribution is 0.203. The number of hydrogen-bond acceptors (Lipinski definition) is 6. The van der Waals surface area contributed by atoms with Crippen molar-refractivity contribution in [1.29, 1.82) is 0 Å². The van der Waals surface area contributed by atoms with Gasteiger partial charge in [-0.3, -0.25) is 0 Å². The number of thiophene rings is 1. The molecule has 8 heteroatoms. The third-order valence-electron chi connectivity index (χ3n) is 2.48. The molecule has 0 amide bonds. The summed E-state index contributed by atoms with van der Waals surface area (Å²) in [6.07, 6.45) is 2.31. The molecule has 0 aliphatic carbocycles. The first-order valence-corrected chi connectivity index (χ1v) is 7.95. The molecular weight excluding hydrogens is 288 g/mol. The average Bonchev–Trinajstić information content (AvgIpc) is 3.00. The first-order valence-electron chi connectivity index (χ1n) is 5.65. The van der Waals surface area contributed by atoms with E-state index in [1.807, 2.05) is 12.1 Å². The molecule has 0 saturated carbocycles. The highest BCUT2D eigenvalue weighted by Gasteiger charge is 2.15. The summed E-state index contributed by atoms with van der Waals surface area (Å²) in [5, 5.41) is 12.8. The van der Waals surface area contributed by atoms with Crippen molar-refractivity contribution in [2.75, 3.05) is 6.54 Å². The normalized spacial score (nSPS) is 13.6. The van der Waals surface area contributed by atoms with Gasteiger partial charge in [0, 0.05) is 16.3 Å². The Morgan fingerprint density at radius 1 is 1.53 bits per heavy atom. The number of sulfonamides is 1. The van der Waals surface area contributed by atoms with Crippen molar-refractivity contribution in [2.24, 2.45) is 0 Å². The number of hydrogen-bond donors (Lipinski definition) is 2. The fourth-order valence-corrected chi connectivity index (χ4v) is 3.31. The zero-order valence-corrected chi connectivity index (χ0v) is 11.9. The summed E-state index contributed by atoms with van der Waals surface area (Å²) in [5.74, 6) is 0. The van der Waals surface area contributed by atoms with Gasteiger partial charge in [-0.1, -0.05) is 5.16 Å². The number of nitrogens with one attached hydrogen (secondary N) is 1. The maximum absolute atomic E-state index is 11.7. The molecule has 2 rings (SSSR count). The molecule has 2 heterocycles. The highest BCUT2D eigenvalue weighted by Crippen LogP contribution is 2.23. The lowest BCUT2D eigenvalue weighted by Gasteiger charge is -2.02. The summed E-state index contributed by atoms with van der Waals surface area (Å²) in [6, 6.07) is 3.74. The van der Waals surface area contributed by atoms with Crippen LogP contribution in [0.15, 0.2) is 34.0 Å². The van der Waals surface area contributed by atoms with Crippen molar-refractivity contribution in [2.45, 2.75) is 24.3 Å². The zero-order chi connectivity index (χ0) is 13.9. The van der Waals surface area contributed by atoms with Crippen LogP contribution in [0.3, 0.4) is 0 Å². The minimum atomic E-state index is -3.55. The monoisotopic (exact) mass is 302 g/mol. The van der Waals surface area contributed by atoms with Gasteiger partial charge in [-0.15, -0.1) is 11.3 Å². The van der Waals surface area contributed by atoms with Crippen LogP contribution >= 0.6 is 11.3 Å². The van der Waals surface area contributed by atoms with E-state index < -0.39 is 16.1 Å². The number of rotatable bonds is 6. The van der Waals surface area contributed by atoms with E-state index in [0.717, 1.165) is 22.2 Å². The van der Waals surface area contributed by atoms with Gasteiger partial charge in [0.2, 0.25) is 10.0 Å². The lowest BCUT2D eigenvalue weighted by Crippen LogP contribution is -2.25. The Balaban J connectivity index is 1.90. The van der Waals surface area contributed by atoms with Crippen molar-refractivity contribution in [1.82, 2.24) is 9.88 Å². The van der Waals surface area contributed by atoms with Crippen molar-refractivity contribution < 1.29 is 18.0 Å². The second kappa shape index (κ2) is 5.83. The molecule has 0 aliphatic heterocycles. The minimum Gasteiger partial charge on any atom is -0.388 e. The van der Waals surface area contributed by atoms with E-state index in [1.165, 1.54) is 11.3 Å². The predicted molar refractivity (Wildman–Crippen MR) is 70.3 cm³/mol. The van der Waals surface area contributed by atoms with Crippen molar-refractivity contribution in [3.63, 3.8) is 0 Å². The molecule has 0 spiro atoms. The molecule has 2 N–H and O–H groups in total. The van der Waals surface area contributed by atoms with E-state index in [-0.39, 0.29) is 11.4 Å². The molecule has 0 aromatic carbocycles. The first-order chi connectivity index (χ1) is 8.99. The van der Waals surface area contributed by atoms with Crippen LogP contribution < -0.4 is 4.72 Å². The maximum atomic E-state index is 11.7. The minimum absolute atomic E-state index is 0.0170. The van der Waals surface area contributed by atoms with Gasteiger partial charge < -0.3 is 9.63 Å². The van der Waals surface area contributed by atoms with Crippen LogP contribution in [-0.2, 0) is 16.4 Å². The highest BCUT2D eigenvalue weighted by atomic mass is 32.2. The molecule has 0 unspecified atom stereocenters. The summed E-state index contributed by atoms with van der Waals surface area (Å²) < 4.78 is 30.5. The molecule has 6 nitrogen and oxygen atoms in total. The summed E-state index contributed by atoms with van der Waals surface area (Å²) in [4.78, 5) is 1.91. The second-order valence-electron chi connectivity index (χ2n) is 3.99. The van der Waals surface area contributed by atoms with Gasteiger partial charge in [0.15, 0.2) is 0 Å². The zero-order valence-electron chi connectivity index (χ0n) is 10.2. The quantitative estimate of drug-likeness (QED) is 0.839. The Morgan fingerprint density at radius 2 is 2.32 bits per heavy atom. The molecule has 2 aromatic rings. The van der Waals surface area contributed by atoms with E-state index >= 15 is 0 Å². The van der Waals surface area contributed by atoms with Crippen molar-refractivity contribution in [3.05, 3.63) is 34.3 Å². The molecule has 0 saturated heterocycles. The fourth-order valence-electron chi connectivity index (χ4n) is 1.47. The SMILES string of the molecule is C[C@H](O)c1ccc(CCNS(=O)(=O)c2cnoc2)s1. The molecule has 0 fully saturated rings. The Morgan fingerprint density at radius 3 is 2.89 bits per heavy atom. The van der Waals surface area contributed by atoms with Crippen LogP contribution in [0.5, 0.6) is 0 Å². The van der Waals surface area contributed by atoms with E-state index in [2.05, 4.69) is 14.4 Å². The molecule has 104 valence electrons. The number of nitrogens with zero attached hydrogens (tertiary/aromatic N) is 1. The number of aliphatic hydroxyl groups is 1. The smallest absolute Gasteiger partial charge is 0.245 e. The predicted octanol–water partition coefficient (Wildman–Crippen LogP) is 1.31. The van der Waals surface area contributed by atoms with Gasteiger partial charge in [0.1, 0.15) is 11.2 Å². The topological polar surface area (TPSA) is 92.4 Å². The lowest BCUT2D eigenvalue weighted by atomic mass is 10.3. The molecule has 0 aliphatic rings. The van der Waals surface area contributed by atoms with Gasteiger partial charge in [-0.25, -0.2) is 13.1 Å². The molecule has 19 heavy (non-hydrogen) atoms. The molecule has 0 bridgehead atoms. The van der Waals surface area contributed by atoms with Crippen LogP contribution in [0.4, 0.5) is 0 Å². The standard InChI is InChI=1S/C11H14N2O4S2/c1-8(14)11-3-2-9(18-11)4-5-13-19(15,16)10-6-12-17-7-10/h2-3,6-8,13-14H,4-5H2,1H3/t8-/m0/s1. The van der Waals surface area contributed by atoms with Gasteiger partial charge in [0.05, 0.1) is 12.3 Å². The van der Waals surface area contributed by atoms with Gasteiger partial charge >= 0.3 is 0 Å². The third-order valence-corrected chi connectivity index (χ3v) is 5.20. The van der Waals surface area contributed by atoms with Crippen LogP contribution in [0.25, 0.3) is 0 Å². The third kappa shape index (κ3) is 3.63. The molecule has 2 aromatic heterocycles. The summed E-state index contributed by atoms with van der Waals surface area (Å²) >= 11 is 1.47. The second-order valence-corrected chi connectivity index (χ2v) is 6.95. The average molecular weight is 302 g/mol. The van der Waals surface area contributed by atoms with Crippen LogP contribution in [0.2, 0.25) is 0 Å². The molecule has 0 radical (unpaired) electrons. The first kappa shape index (κ1) is 14.2. The summed E-state index contributed by atoms with van der Waals surface area (Å²) in [5.41, 5.74) is 0. The van der Waals surface area contributed by atoms with Crippen LogP contribution in [0.1, 0.15) is 22.8 Å². The molecule has 1 atom stereocenters. The number of aromatic nitrogens is 1. The van der Waals surface area contributed by atoms with Gasteiger partial charge in [-0.2, -0.15) is 0 Å². The molecular formula is C11H14N2O4S2. The van der Waals surface area contributed by atoms with Crippen molar-refractivity contribution in [3.8, 4) is 0 Å². The number of aliphatic hydroxyl groups excluding tert-OH is 1. The van der Waals surface area contributed by atoms with Crippen LogP contribution in [-0.4, -0.2) is 25.2 Å². The van der Waals surface area contributed by atoms with E-state index in [9.17, 15) is 13.5 Å². The Bertz CT molecular complexity index is 617. The Labute approximate surface area is 115 Å². The highest BCUT2D eigenvalue weighted by molar-refractivity contribution is 7.89. The van der Waals surface area contributed by atoms with E-state index in [1.54, 1.807) is 6.92 Å². The van der Waals surface area contributed by atoms with Gasteiger partial charge in [-0.05, 0) is 25.5 Å². The van der Waals surface area contributed by atoms with Crippen LogP contribution in [0, 0.1) is 0 Å². The Hall–Kier alpha value is -1.22. The fraction of sp³-hybridized carbons (Fsp3) is 0.364. The maximum Gasteiger partial charge on any atom is 0.245 e. The van der Waals surface area contributed by atoms with E-state index in [0.29, 0.717) is 6.42 Å². The Kier molecular flexibility index (Phi) is 4.35. The summed E-state index contributed by atoms with van der Waals surface area (Å²) in [7, 11) is -3.55. The largest absolute Gasteiger partial charge is 0.388 e.